The lowest BCUT2D eigenvalue weighted by Crippen LogP contribution is -2.49. The Morgan fingerprint density at radius 2 is 1.74 bits per heavy atom. The number of anilines is 2. The van der Waals surface area contributed by atoms with Crippen LogP contribution in [0, 0.1) is 0 Å². The fourth-order valence-electron chi connectivity index (χ4n) is 5.04. The molecule has 0 radical (unpaired) electrons. The molecule has 3 aromatic carbocycles. The van der Waals surface area contributed by atoms with Gasteiger partial charge in [-0.05, 0) is 61.5 Å². The molecule has 2 aliphatic heterocycles. The average molecular weight is 530 g/mol. The molecule has 196 valence electrons. The van der Waals surface area contributed by atoms with Crippen LogP contribution in [0.25, 0.3) is 0 Å². The largest absolute Gasteiger partial charge is 0.325 e. The van der Waals surface area contributed by atoms with E-state index in [1.165, 1.54) is 0 Å². The van der Waals surface area contributed by atoms with Gasteiger partial charge in [-0.25, -0.2) is 0 Å². The molecule has 0 saturated carbocycles. The van der Waals surface area contributed by atoms with Gasteiger partial charge in [-0.15, -0.1) is 0 Å². The Kier molecular flexibility index (Phi) is 7.88. The van der Waals surface area contributed by atoms with Gasteiger partial charge in [0.05, 0.1) is 17.9 Å². The molecular weight excluding hydrogens is 498 g/mol. The summed E-state index contributed by atoms with van der Waals surface area (Å²) in [6.45, 7) is 6.76. The van der Waals surface area contributed by atoms with Crippen LogP contribution in [0.5, 0.6) is 0 Å². The number of halogens is 1. The smallest absolute Gasteiger partial charge is 0.241 e. The van der Waals surface area contributed by atoms with Gasteiger partial charge in [-0.2, -0.15) is 0 Å². The third-order valence-corrected chi connectivity index (χ3v) is 7.41. The van der Waals surface area contributed by atoms with Gasteiger partial charge in [-0.1, -0.05) is 48.0 Å². The van der Waals surface area contributed by atoms with Crippen molar-refractivity contribution in [3.05, 3.63) is 88.9 Å². The van der Waals surface area contributed by atoms with Gasteiger partial charge >= 0.3 is 0 Å². The van der Waals surface area contributed by atoms with Gasteiger partial charge < -0.3 is 15.1 Å². The highest BCUT2D eigenvalue weighted by molar-refractivity contribution is 6.31. The molecule has 8 heteroatoms. The Labute approximate surface area is 228 Å². The van der Waals surface area contributed by atoms with Crippen molar-refractivity contribution >= 4 is 46.2 Å². The van der Waals surface area contributed by atoms with E-state index in [9.17, 15) is 9.59 Å². The minimum absolute atomic E-state index is 0.0937. The van der Waals surface area contributed by atoms with E-state index >= 15 is 0 Å². The number of likely N-dealkylation sites (N-methyl/N-ethyl adjacent to an activating group) is 2. The van der Waals surface area contributed by atoms with Gasteiger partial charge in [0.15, 0.2) is 0 Å². The number of piperazine rings is 1. The summed E-state index contributed by atoms with van der Waals surface area (Å²) in [5, 5.41) is 3.52. The molecule has 2 heterocycles. The van der Waals surface area contributed by atoms with Crippen molar-refractivity contribution < 1.29 is 9.59 Å². The molecule has 3 aromatic rings. The van der Waals surface area contributed by atoms with Crippen LogP contribution in [0.3, 0.4) is 0 Å². The number of rotatable bonds is 7. The molecule has 2 amide bonds. The van der Waals surface area contributed by atoms with Crippen LogP contribution >= 0.6 is 11.6 Å². The molecule has 7 nitrogen and oxygen atoms in total. The molecule has 1 fully saturated rings. The summed E-state index contributed by atoms with van der Waals surface area (Å²) < 4.78 is 0. The minimum atomic E-state index is -0.554. The number of nitrogens with zero attached hydrogens (tertiary/aromatic N) is 4. The van der Waals surface area contributed by atoms with E-state index < -0.39 is 5.92 Å². The zero-order chi connectivity index (χ0) is 26.6. The maximum Gasteiger partial charge on any atom is 0.241 e. The van der Waals surface area contributed by atoms with Crippen LogP contribution in [-0.4, -0.2) is 73.6 Å². The summed E-state index contributed by atoms with van der Waals surface area (Å²) in [6.07, 6.45) is 0. The molecule has 1 N–H and O–H groups in total. The van der Waals surface area contributed by atoms with E-state index in [4.69, 9.17) is 16.6 Å². The van der Waals surface area contributed by atoms with Crippen LogP contribution in [0.15, 0.2) is 77.8 Å². The van der Waals surface area contributed by atoms with Gasteiger partial charge in [0.1, 0.15) is 5.92 Å². The summed E-state index contributed by atoms with van der Waals surface area (Å²) in [5.41, 5.74) is 4.65. The Morgan fingerprint density at radius 1 is 1.03 bits per heavy atom. The second-order valence-electron chi connectivity index (χ2n) is 9.75. The van der Waals surface area contributed by atoms with Crippen molar-refractivity contribution in [3.8, 4) is 0 Å². The zero-order valence-corrected chi connectivity index (χ0v) is 22.5. The topological polar surface area (TPSA) is 68.2 Å². The third kappa shape index (κ3) is 5.65. The number of hydrogen-bond donors (Lipinski definition) is 1. The number of carbonyl (C=O) groups is 2. The molecule has 5 rings (SSSR count). The standard InChI is InChI=1S/C30H32ClN5O2/c1-3-36(27(37)20-35-17-15-34(2)16-18-35)24-12-10-23(11-13-24)32-29(21-7-5-4-6-8-21)28-25-14-9-22(31)19-26(25)33-30(28)38/h4-14,19,28H,3,15-18,20H2,1-2H3,(H,33,38). The van der Waals surface area contributed by atoms with Crippen LogP contribution in [0.2, 0.25) is 5.02 Å². The Balaban J connectivity index is 1.41. The molecule has 1 atom stereocenters. The number of nitrogens with one attached hydrogen (secondary N) is 1. The van der Waals surface area contributed by atoms with Crippen LogP contribution < -0.4 is 10.2 Å². The van der Waals surface area contributed by atoms with Crippen LogP contribution in [-0.2, 0) is 9.59 Å². The van der Waals surface area contributed by atoms with Crippen LogP contribution in [0.1, 0.15) is 24.0 Å². The molecule has 1 saturated heterocycles. The quantitative estimate of drug-likeness (QED) is 0.447. The average Bonchev–Trinajstić information content (AvgIpc) is 3.24. The predicted molar refractivity (Wildman–Crippen MR) is 154 cm³/mol. The Hall–Kier alpha value is -3.52. The van der Waals surface area contributed by atoms with E-state index in [0.29, 0.717) is 35.2 Å². The molecule has 0 spiro atoms. The van der Waals surface area contributed by atoms with Crippen molar-refractivity contribution in [1.82, 2.24) is 9.80 Å². The fraction of sp³-hybridized carbons (Fsp3) is 0.300. The lowest BCUT2D eigenvalue weighted by Gasteiger charge is -2.33. The fourth-order valence-corrected chi connectivity index (χ4v) is 5.21. The predicted octanol–water partition coefficient (Wildman–Crippen LogP) is 4.80. The molecule has 2 aliphatic rings. The van der Waals surface area contributed by atoms with E-state index in [1.54, 1.807) is 12.1 Å². The van der Waals surface area contributed by atoms with Crippen molar-refractivity contribution in [3.63, 3.8) is 0 Å². The van der Waals surface area contributed by atoms with Crippen molar-refractivity contribution in [2.24, 2.45) is 4.99 Å². The van der Waals surface area contributed by atoms with Gasteiger partial charge in [0, 0.05) is 49.1 Å². The molecule has 0 aliphatic carbocycles. The van der Waals surface area contributed by atoms with Crippen molar-refractivity contribution in [1.29, 1.82) is 0 Å². The molecule has 0 bridgehead atoms. The summed E-state index contributed by atoms with van der Waals surface area (Å²) >= 11 is 6.17. The number of fused-ring (bicyclic) bond motifs is 1. The van der Waals surface area contributed by atoms with Crippen LogP contribution in [0.4, 0.5) is 17.1 Å². The van der Waals surface area contributed by atoms with E-state index in [1.807, 2.05) is 72.5 Å². The van der Waals surface area contributed by atoms with E-state index in [2.05, 4.69) is 22.2 Å². The summed E-state index contributed by atoms with van der Waals surface area (Å²) in [4.78, 5) is 37.5. The number of benzene rings is 3. The number of carbonyl (C=O) groups excluding carboxylic acids is 2. The second kappa shape index (κ2) is 11.5. The highest BCUT2D eigenvalue weighted by Crippen LogP contribution is 2.37. The van der Waals surface area contributed by atoms with E-state index in [-0.39, 0.29) is 11.8 Å². The molecule has 38 heavy (non-hydrogen) atoms. The maximum absolute atomic E-state index is 13.1. The summed E-state index contributed by atoms with van der Waals surface area (Å²) in [6, 6.07) is 22.8. The first-order valence-electron chi connectivity index (χ1n) is 13.0. The second-order valence-corrected chi connectivity index (χ2v) is 10.2. The SMILES string of the molecule is CCN(C(=O)CN1CCN(C)CC1)c1ccc(N=C(c2ccccc2)C2C(=O)Nc3cc(Cl)ccc32)cc1. The Bertz CT molecular complexity index is 1330. The van der Waals surface area contributed by atoms with Gasteiger partial charge in [-0.3, -0.25) is 19.5 Å². The summed E-state index contributed by atoms with van der Waals surface area (Å²) in [7, 11) is 2.11. The molecule has 1 unspecified atom stereocenters. The normalized spacial score (nSPS) is 18.2. The first kappa shape index (κ1) is 26.1. The van der Waals surface area contributed by atoms with Crippen molar-refractivity contribution in [2.75, 3.05) is 56.5 Å². The van der Waals surface area contributed by atoms with E-state index in [0.717, 1.165) is 43.0 Å². The lowest BCUT2D eigenvalue weighted by molar-refractivity contribution is -0.120. The monoisotopic (exact) mass is 529 g/mol. The van der Waals surface area contributed by atoms with Gasteiger partial charge in [0.2, 0.25) is 11.8 Å². The highest BCUT2D eigenvalue weighted by atomic mass is 35.5. The third-order valence-electron chi connectivity index (χ3n) is 7.17. The first-order chi connectivity index (χ1) is 18.4. The summed E-state index contributed by atoms with van der Waals surface area (Å²) in [5.74, 6) is -0.592. The number of aliphatic imine (C=N–C) groups is 1. The molecular formula is C30H32ClN5O2. The van der Waals surface area contributed by atoms with Gasteiger partial charge in [0.25, 0.3) is 0 Å². The van der Waals surface area contributed by atoms with Crippen molar-refractivity contribution in [2.45, 2.75) is 12.8 Å². The number of amides is 2. The highest BCUT2D eigenvalue weighted by Gasteiger charge is 2.35. The minimum Gasteiger partial charge on any atom is -0.325 e. The Morgan fingerprint density at radius 3 is 2.42 bits per heavy atom. The maximum atomic E-state index is 13.1. The zero-order valence-electron chi connectivity index (χ0n) is 21.7. The lowest BCUT2D eigenvalue weighted by atomic mass is 9.90. The molecule has 0 aromatic heterocycles. The first-order valence-corrected chi connectivity index (χ1v) is 13.4. The number of hydrogen-bond acceptors (Lipinski definition) is 5.